The molecule has 1 aliphatic heterocycles. The lowest BCUT2D eigenvalue weighted by Crippen LogP contribution is -2.35. The first kappa shape index (κ1) is 16.1. The van der Waals surface area contributed by atoms with Gasteiger partial charge in [0.05, 0.1) is 4.88 Å². The summed E-state index contributed by atoms with van der Waals surface area (Å²) in [7, 11) is -3.71. The maximum absolute atomic E-state index is 12.8. The Labute approximate surface area is 136 Å². The number of thiophene rings is 1. The molecule has 0 atom stereocenters. The van der Waals surface area contributed by atoms with Crippen LogP contribution in [0.1, 0.15) is 31.6 Å². The fourth-order valence-corrected chi connectivity index (χ4v) is 5.54. The Morgan fingerprint density at radius 2 is 2.22 bits per heavy atom. The van der Waals surface area contributed by atoms with Crippen molar-refractivity contribution >= 4 is 27.3 Å². The number of carbonyl (C=O) groups is 1. The maximum Gasteiger partial charge on any atom is 0.284 e. The number of nitrogens with zero attached hydrogens (tertiary/aromatic N) is 2. The van der Waals surface area contributed by atoms with Gasteiger partial charge in [0.2, 0.25) is 10.0 Å². The van der Waals surface area contributed by atoms with Gasteiger partial charge in [0.25, 0.3) is 5.91 Å². The van der Waals surface area contributed by atoms with E-state index in [9.17, 15) is 13.2 Å². The molecule has 23 heavy (non-hydrogen) atoms. The number of hydrogen-bond acceptors (Lipinski definition) is 7. The molecule has 0 spiro atoms. The molecular weight excluding hydrogens is 342 g/mol. The van der Waals surface area contributed by atoms with Crippen LogP contribution in [0.15, 0.2) is 15.5 Å². The van der Waals surface area contributed by atoms with Crippen LogP contribution in [-0.4, -0.2) is 35.5 Å². The van der Waals surface area contributed by atoms with Crippen molar-refractivity contribution in [1.29, 1.82) is 0 Å². The summed E-state index contributed by atoms with van der Waals surface area (Å²) in [6.07, 6.45) is 0.507. The highest BCUT2D eigenvalue weighted by molar-refractivity contribution is 7.89. The largest absolute Gasteiger partial charge is 0.360 e. The lowest BCUT2D eigenvalue weighted by molar-refractivity contribution is 0.0711. The van der Waals surface area contributed by atoms with Crippen LogP contribution in [0.4, 0.5) is 0 Å². The molecule has 0 aromatic carbocycles. The second-order valence-electron chi connectivity index (χ2n) is 5.24. The van der Waals surface area contributed by atoms with E-state index in [1.165, 1.54) is 15.6 Å². The van der Waals surface area contributed by atoms with Gasteiger partial charge in [0, 0.05) is 18.0 Å². The Morgan fingerprint density at radius 3 is 2.83 bits per heavy atom. The van der Waals surface area contributed by atoms with Gasteiger partial charge >= 0.3 is 0 Å². The third kappa shape index (κ3) is 2.67. The number of aryl methyl sites for hydroxylation is 2. The number of carbonyl (C=O) groups excluding carboxylic acids is 1. The molecule has 3 rings (SSSR count). The monoisotopic (exact) mass is 357 g/mol. The highest BCUT2D eigenvalue weighted by Crippen LogP contribution is 2.32. The lowest BCUT2D eigenvalue weighted by atomic mass is 10.1. The topological polar surface area (TPSA) is 113 Å². The minimum Gasteiger partial charge on any atom is -0.360 e. The third-order valence-corrected chi connectivity index (χ3v) is 6.99. The van der Waals surface area contributed by atoms with Crippen LogP contribution in [0.3, 0.4) is 0 Å². The molecule has 0 bridgehead atoms. The maximum atomic E-state index is 12.8. The van der Waals surface area contributed by atoms with Crippen molar-refractivity contribution < 1.29 is 22.9 Å². The molecule has 0 unspecified atom stereocenters. The Morgan fingerprint density at radius 1 is 1.48 bits per heavy atom. The summed E-state index contributed by atoms with van der Waals surface area (Å²) < 4.78 is 31.9. The van der Waals surface area contributed by atoms with E-state index < -0.39 is 15.9 Å². The van der Waals surface area contributed by atoms with Gasteiger partial charge in [0.1, 0.15) is 10.6 Å². The molecule has 8 nitrogen and oxygen atoms in total. The molecule has 10 heteroatoms. The zero-order valence-corrected chi connectivity index (χ0v) is 14.1. The Hall–Kier alpha value is -1.75. The predicted molar refractivity (Wildman–Crippen MR) is 80.8 cm³/mol. The van der Waals surface area contributed by atoms with E-state index >= 15 is 0 Å². The summed E-state index contributed by atoms with van der Waals surface area (Å²) in [6, 6.07) is 1.69. The SMILES string of the molecule is Cc1noc(C)c1S(=O)(=O)N1CCc2cc(C(=O)NO)sc2C1. The van der Waals surface area contributed by atoms with E-state index in [0.717, 1.165) is 10.4 Å². The molecule has 2 aromatic heterocycles. The van der Waals surface area contributed by atoms with Crippen LogP contribution >= 0.6 is 11.3 Å². The van der Waals surface area contributed by atoms with Gasteiger partial charge < -0.3 is 4.52 Å². The van der Waals surface area contributed by atoms with E-state index in [4.69, 9.17) is 9.73 Å². The van der Waals surface area contributed by atoms with Crippen LogP contribution in [0.5, 0.6) is 0 Å². The Kier molecular flexibility index (Phi) is 4.00. The van der Waals surface area contributed by atoms with Crippen molar-refractivity contribution in [2.24, 2.45) is 0 Å². The molecule has 2 N–H and O–H groups in total. The average molecular weight is 357 g/mol. The molecule has 0 saturated carbocycles. The molecule has 1 aliphatic rings. The molecule has 0 radical (unpaired) electrons. The molecule has 2 aromatic rings. The van der Waals surface area contributed by atoms with Crippen molar-refractivity contribution in [1.82, 2.24) is 14.9 Å². The standard InChI is InChI=1S/C13H15N3O5S2/c1-7-12(8(2)21-15-7)23(19,20)16-4-3-9-5-10(13(17)14-18)22-11(9)6-16/h5,18H,3-4,6H2,1-2H3,(H,14,17). The predicted octanol–water partition coefficient (Wildman–Crippen LogP) is 1.22. The number of hydrogen-bond donors (Lipinski definition) is 2. The number of fused-ring (bicyclic) bond motifs is 1. The number of nitrogens with one attached hydrogen (secondary N) is 1. The summed E-state index contributed by atoms with van der Waals surface area (Å²) in [5.41, 5.74) is 2.85. The number of aromatic nitrogens is 1. The van der Waals surface area contributed by atoms with E-state index in [2.05, 4.69) is 5.16 Å². The van der Waals surface area contributed by atoms with Crippen molar-refractivity contribution in [3.63, 3.8) is 0 Å². The second-order valence-corrected chi connectivity index (χ2v) is 8.25. The highest BCUT2D eigenvalue weighted by Gasteiger charge is 2.34. The van der Waals surface area contributed by atoms with Gasteiger partial charge in [-0.05, 0) is 31.9 Å². The number of hydroxylamine groups is 1. The van der Waals surface area contributed by atoms with Crippen LogP contribution in [0.2, 0.25) is 0 Å². The van der Waals surface area contributed by atoms with Crippen molar-refractivity contribution in [3.8, 4) is 0 Å². The van der Waals surface area contributed by atoms with Crippen molar-refractivity contribution in [2.75, 3.05) is 6.54 Å². The minimum atomic E-state index is -3.71. The fourth-order valence-electron chi connectivity index (χ4n) is 2.64. The minimum absolute atomic E-state index is 0.103. The molecule has 124 valence electrons. The summed E-state index contributed by atoms with van der Waals surface area (Å²) in [5.74, 6) is -0.329. The van der Waals surface area contributed by atoms with Crippen LogP contribution < -0.4 is 5.48 Å². The van der Waals surface area contributed by atoms with E-state index in [0.29, 0.717) is 23.5 Å². The molecule has 0 fully saturated rings. The molecule has 0 aliphatic carbocycles. The summed E-state index contributed by atoms with van der Waals surface area (Å²) in [4.78, 5) is 12.7. The first-order valence-corrected chi connectivity index (χ1v) is 9.09. The Balaban J connectivity index is 1.93. The van der Waals surface area contributed by atoms with Gasteiger partial charge in [-0.15, -0.1) is 11.3 Å². The van der Waals surface area contributed by atoms with Crippen LogP contribution in [0, 0.1) is 13.8 Å². The van der Waals surface area contributed by atoms with E-state index in [1.54, 1.807) is 25.4 Å². The number of sulfonamides is 1. The zero-order valence-electron chi connectivity index (χ0n) is 12.5. The van der Waals surface area contributed by atoms with E-state index in [-0.39, 0.29) is 17.2 Å². The van der Waals surface area contributed by atoms with Gasteiger partial charge in [0.15, 0.2) is 5.76 Å². The number of amides is 1. The van der Waals surface area contributed by atoms with Gasteiger partial charge in [-0.2, -0.15) is 4.31 Å². The molecular formula is C13H15N3O5S2. The molecule has 3 heterocycles. The quantitative estimate of drug-likeness (QED) is 0.631. The lowest BCUT2D eigenvalue weighted by Gasteiger charge is -2.25. The van der Waals surface area contributed by atoms with Crippen molar-refractivity contribution in [2.45, 2.75) is 31.7 Å². The smallest absolute Gasteiger partial charge is 0.284 e. The molecule has 0 saturated heterocycles. The fraction of sp³-hybridized carbons (Fsp3) is 0.385. The van der Waals surface area contributed by atoms with Gasteiger partial charge in [-0.3, -0.25) is 10.0 Å². The highest BCUT2D eigenvalue weighted by atomic mass is 32.2. The average Bonchev–Trinajstić information content (AvgIpc) is 3.09. The summed E-state index contributed by atoms with van der Waals surface area (Å²) in [6.45, 7) is 3.66. The van der Waals surface area contributed by atoms with Gasteiger partial charge in [-0.25, -0.2) is 13.9 Å². The Bertz CT molecular complexity index is 849. The van der Waals surface area contributed by atoms with Crippen LogP contribution in [0.25, 0.3) is 0 Å². The molecule has 1 amide bonds. The third-order valence-electron chi connectivity index (χ3n) is 3.74. The first-order valence-electron chi connectivity index (χ1n) is 6.83. The summed E-state index contributed by atoms with van der Waals surface area (Å²) in [5, 5.41) is 12.4. The van der Waals surface area contributed by atoms with Crippen molar-refractivity contribution in [3.05, 3.63) is 32.8 Å². The number of rotatable bonds is 3. The van der Waals surface area contributed by atoms with Gasteiger partial charge in [-0.1, -0.05) is 5.16 Å². The van der Waals surface area contributed by atoms with Crippen LogP contribution in [-0.2, 0) is 23.0 Å². The summed E-state index contributed by atoms with van der Waals surface area (Å²) >= 11 is 1.18. The second kappa shape index (κ2) is 5.71. The zero-order chi connectivity index (χ0) is 16.8. The van der Waals surface area contributed by atoms with E-state index in [1.807, 2.05) is 0 Å². The normalized spacial score (nSPS) is 15.4. The first-order chi connectivity index (χ1) is 10.8.